The molecule has 0 aliphatic heterocycles. The maximum atomic E-state index is 11.8. The topological polar surface area (TPSA) is 50.4 Å². The summed E-state index contributed by atoms with van der Waals surface area (Å²) in [5, 5.41) is 5.92. The molecule has 1 aliphatic carbocycles. The molecule has 0 radical (unpaired) electrons. The van der Waals surface area contributed by atoms with Crippen molar-refractivity contribution in [2.45, 2.75) is 12.8 Å². The second-order valence-corrected chi connectivity index (χ2v) is 5.61. The molecule has 3 rings (SSSR count). The summed E-state index contributed by atoms with van der Waals surface area (Å²) in [7, 11) is 0. The van der Waals surface area contributed by atoms with Crippen molar-refractivity contribution in [3.8, 4) is 11.1 Å². The molecule has 0 aromatic heterocycles. The zero-order chi connectivity index (χ0) is 16.1. The highest BCUT2D eigenvalue weighted by atomic mass is 16.5. The number of alkyl carbamates (subject to hydrolysis) is 1. The first kappa shape index (κ1) is 15.6. The van der Waals surface area contributed by atoms with Crippen LogP contribution < -0.4 is 10.6 Å². The molecular formula is C19H22N2O2. The van der Waals surface area contributed by atoms with Crippen LogP contribution in [0.25, 0.3) is 11.1 Å². The smallest absolute Gasteiger partial charge is 0.407 e. The number of benzene rings is 2. The van der Waals surface area contributed by atoms with E-state index in [1.165, 1.54) is 22.3 Å². The monoisotopic (exact) mass is 310 g/mol. The van der Waals surface area contributed by atoms with E-state index in [0.29, 0.717) is 13.2 Å². The van der Waals surface area contributed by atoms with E-state index in [-0.39, 0.29) is 12.0 Å². The van der Waals surface area contributed by atoms with Gasteiger partial charge in [0.1, 0.15) is 6.61 Å². The van der Waals surface area contributed by atoms with Gasteiger partial charge in [0.25, 0.3) is 0 Å². The van der Waals surface area contributed by atoms with Gasteiger partial charge < -0.3 is 15.4 Å². The lowest BCUT2D eigenvalue weighted by Gasteiger charge is -2.14. The van der Waals surface area contributed by atoms with Crippen LogP contribution in [0.5, 0.6) is 0 Å². The largest absolute Gasteiger partial charge is 0.449 e. The third-order valence-electron chi connectivity index (χ3n) is 4.16. The number of amides is 1. The first-order valence-electron chi connectivity index (χ1n) is 8.10. The third-order valence-corrected chi connectivity index (χ3v) is 4.16. The molecule has 2 aromatic rings. The molecule has 0 saturated heterocycles. The second kappa shape index (κ2) is 7.29. The molecule has 2 N–H and O–H groups in total. The van der Waals surface area contributed by atoms with E-state index < -0.39 is 0 Å². The molecule has 2 aromatic carbocycles. The van der Waals surface area contributed by atoms with Crippen molar-refractivity contribution in [1.29, 1.82) is 0 Å². The molecule has 0 atom stereocenters. The average molecular weight is 310 g/mol. The van der Waals surface area contributed by atoms with Gasteiger partial charge in [0.2, 0.25) is 0 Å². The highest BCUT2D eigenvalue weighted by Gasteiger charge is 2.28. The van der Waals surface area contributed by atoms with Crippen molar-refractivity contribution < 1.29 is 9.53 Å². The maximum absolute atomic E-state index is 11.8. The molecular weight excluding hydrogens is 288 g/mol. The summed E-state index contributed by atoms with van der Waals surface area (Å²) >= 11 is 0. The van der Waals surface area contributed by atoms with Crippen LogP contribution in [0.1, 0.15) is 24.0 Å². The Kier molecular flexibility index (Phi) is 4.93. The van der Waals surface area contributed by atoms with Crippen molar-refractivity contribution in [3.63, 3.8) is 0 Å². The lowest BCUT2D eigenvalue weighted by atomic mass is 9.98. The van der Waals surface area contributed by atoms with Gasteiger partial charge in [-0.05, 0) is 28.8 Å². The SMILES string of the molecule is CCNCCNC(=O)OCC1c2ccccc2-c2ccccc21. The number of carbonyl (C=O) groups excluding carboxylic acids is 1. The molecule has 0 unspecified atom stereocenters. The highest BCUT2D eigenvalue weighted by molar-refractivity contribution is 5.79. The number of hydrogen-bond donors (Lipinski definition) is 2. The number of hydrogen-bond acceptors (Lipinski definition) is 3. The molecule has 120 valence electrons. The normalized spacial score (nSPS) is 12.6. The van der Waals surface area contributed by atoms with Gasteiger partial charge in [0.15, 0.2) is 0 Å². The molecule has 4 heteroatoms. The van der Waals surface area contributed by atoms with Crippen molar-refractivity contribution in [2.75, 3.05) is 26.2 Å². The Morgan fingerprint density at radius 1 is 1.00 bits per heavy atom. The van der Waals surface area contributed by atoms with Crippen LogP contribution in [-0.4, -0.2) is 32.3 Å². The predicted octanol–water partition coefficient (Wildman–Crippen LogP) is 3.13. The first-order chi connectivity index (χ1) is 11.3. The van der Waals surface area contributed by atoms with E-state index in [4.69, 9.17) is 4.74 Å². The minimum absolute atomic E-state index is 0.113. The molecule has 1 amide bonds. The fraction of sp³-hybridized carbons (Fsp3) is 0.316. The van der Waals surface area contributed by atoms with Gasteiger partial charge in [-0.3, -0.25) is 0 Å². The van der Waals surface area contributed by atoms with Gasteiger partial charge in [-0.25, -0.2) is 4.79 Å². The van der Waals surface area contributed by atoms with Crippen LogP contribution in [0.4, 0.5) is 4.79 Å². The quantitative estimate of drug-likeness (QED) is 0.806. The molecule has 23 heavy (non-hydrogen) atoms. The van der Waals surface area contributed by atoms with Gasteiger partial charge in [-0.2, -0.15) is 0 Å². The second-order valence-electron chi connectivity index (χ2n) is 5.61. The molecule has 0 spiro atoms. The number of fused-ring (bicyclic) bond motifs is 3. The van der Waals surface area contributed by atoms with Crippen LogP contribution in [0.3, 0.4) is 0 Å². The standard InChI is InChI=1S/C19H22N2O2/c1-2-20-11-12-21-19(22)23-13-18-16-9-5-3-7-14(16)15-8-4-6-10-17(15)18/h3-10,18,20H,2,11-13H2,1H3,(H,21,22). The predicted molar refractivity (Wildman–Crippen MR) is 91.6 cm³/mol. The lowest BCUT2D eigenvalue weighted by Crippen LogP contribution is -2.32. The van der Waals surface area contributed by atoms with Crippen LogP contribution in [0.15, 0.2) is 48.5 Å². The van der Waals surface area contributed by atoms with Gasteiger partial charge in [-0.15, -0.1) is 0 Å². The fourth-order valence-corrected chi connectivity index (χ4v) is 3.08. The summed E-state index contributed by atoms with van der Waals surface area (Å²) in [6.45, 7) is 4.62. The van der Waals surface area contributed by atoms with Crippen molar-refractivity contribution in [2.24, 2.45) is 0 Å². The summed E-state index contributed by atoms with van der Waals surface area (Å²) in [6, 6.07) is 16.7. The van der Waals surface area contributed by atoms with E-state index in [2.05, 4.69) is 34.9 Å². The Morgan fingerprint density at radius 2 is 1.61 bits per heavy atom. The summed E-state index contributed by atoms with van der Waals surface area (Å²) in [5.41, 5.74) is 4.94. The zero-order valence-corrected chi connectivity index (χ0v) is 13.3. The average Bonchev–Trinajstić information content (AvgIpc) is 2.91. The van der Waals surface area contributed by atoms with E-state index in [1.54, 1.807) is 0 Å². The van der Waals surface area contributed by atoms with Crippen LogP contribution in [0.2, 0.25) is 0 Å². The zero-order valence-electron chi connectivity index (χ0n) is 13.3. The fourth-order valence-electron chi connectivity index (χ4n) is 3.08. The Balaban J connectivity index is 1.65. The highest BCUT2D eigenvalue weighted by Crippen LogP contribution is 2.44. The number of nitrogens with one attached hydrogen (secondary N) is 2. The van der Waals surface area contributed by atoms with E-state index in [9.17, 15) is 4.79 Å². The molecule has 0 saturated carbocycles. The molecule has 4 nitrogen and oxygen atoms in total. The first-order valence-corrected chi connectivity index (χ1v) is 8.10. The summed E-state index contributed by atoms with van der Waals surface area (Å²) in [4.78, 5) is 11.8. The Bertz CT molecular complexity index is 639. The van der Waals surface area contributed by atoms with Gasteiger partial charge >= 0.3 is 6.09 Å². The van der Waals surface area contributed by atoms with Crippen LogP contribution in [-0.2, 0) is 4.74 Å². The third kappa shape index (κ3) is 3.37. The summed E-state index contributed by atoms with van der Waals surface area (Å²) in [6.07, 6.45) is -0.357. The van der Waals surface area contributed by atoms with E-state index in [0.717, 1.165) is 13.1 Å². The minimum atomic E-state index is -0.357. The van der Waals surface area contributed by atoms with Crippen LogP contribution in [0, 0.1) is 0 Å². The molecule has 1 aliphatic rings. The van der Waals surface area contributed by atoms with E-state index >= 15 is 0 Å². The number of ether oxygens (including phenoxy) is 1. The Labute approximate surface area is 136 Å². The summed E-state index contributed by atoms with van der Waals surface area (Å²) in [5.74, 6) is 0.113. The maximum Gasteiger partial charge on any atom is 0.407 e. The number of rotatable bonds is 6. The molecule has 0 fully saturated rings. The summed E-state index contributed by atoms with van der Waals surface area (Å²) < 4.78 is 5.44. The van der Waals surface area contributed by atoms with Crippen LogP contribution >= 0.6 is 0 Å². The Morgan fingerprint density at radius 3 is 2.22 bits per heavy atom. The van der Waals surface area contributed by atoms with Gasteiger partial charge in [0.05, 0.1) is 0 Å². The molecule has 0 heterocycles. The number of carbonyl (C=O) groups is 1. The minimum Gasteiger partial charge on any atom is -0.449 e. The molecule has 0 bridgehead atoms. The lowest BCUT2D eigenvalue weighted by molar-refractivity contribution is 0.143. The van der Waals surface area contributed by atoms with Gasteiger partial charge in [-0.1, -0.05) is 55.5 Å². The van der Waals surface area contributed by atoms with E-state index in [1.807, 2.05) is 31.2 Å². The Hall–Kier alpha value is -2.33. The van der Waals surface area contributed by atoms with Crippen molar-refractivity contribution in [3.05, 3.63) is 59.7 Å². The number of likely N-dealkylation sites (N-methyl/N-ethyl adjacent to an activating group) is 1. The van der Waals surface area contributed by atoms with Gasteiger partial charge in [0, 0.05) is 19.0 Å². The van der Waals surface area contributed by atoms with Crippen molar-refractivity contribution >= 4 is 6.09 Å². The van der Waals surface area contributed by atoms with Crippen molar-refractivity contribution in [1.82, 2.24) is 10.6 Å².